The van der Waals surface area contributed by atoms with Gasteiger partial charge < -0.3 is 15.1 Å². The second-order valence-corrected chi connectivity index (χ2v) is 11.2. The van der Waals surface area contributed by atoms with E-state index < -0.39 is 0 Å². The second-order valence-electron chi connectivity index (χ2n) is 11.2. The highest BCUT2D eigenvalue weighted by Gasteiger charge is 2.25. The third-order valence-electron chi connectivity index (χ3n) is 8.19. The van der Waals surface area contributed by atoms with Crippen molar-refractivity contribution in [3.8, 4) is 6.07 Å². The van der Waals surface area contributed by atoms with Gasteiger partial charge in [0.2, 0.25) is 0 Å². The lowest BCUT2D eigenvalue weighted by atomic mass is 9.89. The lowest BCUT2D eigenvalue weighted by Gasteiger charge is -2.31. The number of ketones is 1. The average Bonchev–Trinajstić information content (AvgIpc) is 3.07. The molecule has 2 aliphatic rings. The minimum absolute atomic E-state index is 0.0889. The number of anilines is 1. The minimum Gasteiger partial charge on any atom is -0.352 e. The van der Waals surface area contributed by atoms with Crippen molar-refractivity contribution in [1.29, 1.82) is 5.26 Å². The fraction of sp³-hybridized carbons (Fsp3) is 0.371. The monoisotopic (exact) mass is 578 g/mol. The summed E-state index contributed by atoms with van der Waals surface area (Å²) >= 11 is 0. The summed E-state index contributed by atoms with van der Waals surface area (Å²) < 4.78 is 13.0. The van der Waals surface area contributed by atoms with Gasteiger partial charge in [-0.25, -0.2) is 14.4 Å². The maximum Gasteiger partial charge on any atom is 0.183 e. The Bertz CT molecular complexity index is 1510. The van der Waals surface area contributed by atoms with Gasteiger partial charge in [-0.2, -0.15) is 5.26 Å². The van der Waals surface area contributed by atoms with Crippen molar-refractivity contribution in [3.05, 3.63) is 102 Å². The number of fused-ring (bicyclic) bond motifs is 1. The zero-order chi connectivity index (χ0) is 29.9. The summed E-state index contributed by atoms with van der Waals surface area (Å²) in [5, 5.41) is 12.5. The SMILES string of the molecule is N#Cc1nc2ccccc2nc1N1CCNCC1.O=C(c1ccc(F)cc1)C1CCN(CCCCc2ccccc2)CC1. The van der Waals surface area contributed by atoms with Crippen LogP contribution in [-0.4, -0.2) is 66.5 Å². The number of benzene rings is 3. The maximum absolute atomic E-state index is 13.0. The Kier molecular flexibility index (Phi) is 10.8. The molecule has 0 amide bonds. The van der Waals surface area contributed by atoms with Crippen molar-refractivity contribution in [3.63, 3.8) is 0 Å². The number of unbranched alkanes of at least 4 members (excludes halogenated alkanes) is 1. The van der Waals surface area contributed by atoms with Crippen LogP contribution in [0.1, 0.15) is 47.3 Å². The number of likely N-dealkylation sites (tertiary alicyclic amines) is 1. The van der Waals surface area contributed by atoms with Crippen LogP contribution in [0.15, 0.2) is 78.9 Å². The van der Waals surface area contributed by atoms with E-state index in [0.29, 0.717) is 17.1 Å². The lowest BCUT2D eigenvalue weighted by Crippen LogP contribution is -2.44. The summed E-state index contributed by atoms with van der Waals surface area (Å²) in [7, 11) is 0. The highest BCUT2D eigenvalue weighted by Crippen LogP contribution is 2.23. The third kappa shape index (κ3) is 8.44. The van der Waals surface area contributed by atoms with Gasteiger partial charge in [0.25, 0.3) is 0 Å². The molecule has 1 aromatic heterocycles. The number of aryl methyl sites for hydroxylation is 1. The third-order valence-corrected chi connectivity index (χ3v) is 8.19. The standard InChI is InChI=1S/C22H26FNO.C13H13N5/c23-21-11-9-19(10-12-21)22(25)20-13-16-24(17-14-20)15-5-4-8-18-6-2-1-3-7-18;14-9-12-13(18-7-5-15-6-8-18)17-11-4-2-1-3-10(11)16-12/h1-3,6-7,9-12,20H,4-5,8,13-17H2;1-4,15H,5-8H2. The van der Waals surface area contributed by atoms with Gasteiger partial charge in [0, 0.05) is 37.7 Å². The number of Topliss-reactive ketones (excluding diaryl/α,β-unsaturated/α-hetero) is 1. The van der Waals surface area contributed by atoms with Gasteiger partial charge in [-0.3, -0.25) is 4.79 Å². The largest absolute Gasteiger partial charge is 0.352 e. The van der Waals surface area contributed by atoms with Crippen LogP contribution >= 0.6 is 0 Å². The summed E-state index contributed by atoms with van der Waals surface area (Å²) in [6.07, 6.45) is 5.37. The number of halogens is 1. The van der Waals surface area contributed by atoms with E-state index in [4.69, 9.17) is 0 Å². The van der Waals surface area contributed by atoms with Crippen molar-refractivity contribution >= 4 is 22.6 Å². The van der Waals surface area contributed by atoms with Crippen molar-refractivity contribution < 1.29 is 9.18 Å². The Morgan fingerprint density at radius 1 is 0.860 bits per heavy atom. The van der Waals surface area contributed by atoms with Crippen LogP contribution in [0.25, 0.3) is 11.0 Å². The normalized spacial score (nSPS) is 15.9. The van der Waals surface area contributed by atoms with Crippen LogP contribution < -0.4 is 10.2 Å². The number of carbonyl (C=O) groups is 1. The van der Waals surface area contributed by atoms with E-state index in [1.807, 2.05) is 24.3 Å². The van der Waals surface area contributed by atoms with Crippen molar-refractivity contribution in [2.24, 2.45) is 5.92 Å². The predicted molar refractivity (Wildman–Crippen MR) is 169 cm³/mol. The van der Waals surface area contributed by atoms with Crippen molar-refractivity contribution in [2.75, 3.05) is 50.7 Å². The molecule has 0 saturated carbocycles. The van der Waals surface area contributed by atoms with Crippen LogP contribution in [0.5, 0.6) is 0 Å². The molecule has 2 saturated heterocycles. The summed E-state index contributed by atoms with van der Waals surface area (Å²) in [5.74, 6) is 0.675. The molecule has 0 aliphatic carbocycles. The molecule has 3 heterocycles. The van der Waals surface area contributed by atoms with E-state index in [1.54, 1.807) is 12.1 Å². The van der Waals surface area contributed by atoms with Crippen LogP contribution in [0.4, 0.5) is 10.2 Å². The number of aromatic nitrogens is 2. The number of hydrogen-bond donors (Lipinski definition) is 1. The molecule has 0 unspecified atom stereocenters. The van der Waals surface area contributed by atoms with Crippen LogP contribution in [-0.2, 0) is 6.42 Å². The maximum atomic E-state index is 13.0. The van der Waals surface area contributed by atoms with E-state index in [9.17, 15) is 14.4 Å². The average molecular weight is 579 g/mol. The van der Waals surface area contributed by atoms with E-state index in [-0.39, 0.29) is 17.5 Å². The van der Waals surface area contributed by atoms with Gasteiger partial charge in [0.05, 0.1) is 11.0 Å². The molecule has 3 aromatic carbocycles. The number of nitrogens with one attached hydrogen (secondary N) is 1. The Morgan fingerprint density at radius 3 is 2.19 bits per heavy atom. The van der Waals surface area contributed by atoms with Gasteiger partial charge >= 0.3 is 0 Å². The first-order valence-corrected chi connectivity index (χ1v) is 15.3. The first-order chi connectivity index (χ1) is 21.1. The van der Waals surface area contributed by atoms with Crippen molar-refractivity contribution in [1.82, 2.24) is 20.2 Å². The van der Waals surface area contributed by atoms with Gasteiger partial charge in [-0.15, -0.1) is 0 Å². The number of carbonyl (C=O) groups excluding carboxylic acids is 1. The molecule has 0 spiro atoms. The Labute approximate surface area is 253 Å². The van der Waals surface area contributed by atoms with E-state index >= 15 is 0 Å². The number of para-hydroxylation sites is 2. The smallest absolute Gasteiger partial charge is 0.183 e. The molecule has 222 valence electrons. The number of piperidine rings is 1. The molecule has 1 N–H and O–H groups in total. The van der Waals surface area contributed by atoms with Crippen molar-refractivity contribution in [2.45, 2.75) is 32.1 Å². The minimum atomic E-state index is -0.290. The molecule has 0 radical (unpaired) electrons. The summed E-state index contributed by atoms with van der Waals surface area (Å²) in [5.41, 5.74) is 4.07. The first kappa shape index (κ1) is 30.3. The summed E-state index contributed by atoms with van der Waals surface area (Å²) in [6, 6.07) is 26.4. The fourth-order valence-electron chi connectivity index (χ4n) is 5.74. The molecule has 8 heteroatoms. The Morgan fingerprint density at radius 2 is 1.51 bits per heavy atom. The van der Waals surface area contributed by atoms with Crippen LogP contribution in [0.2, 0.25) is 0 Å². The number of rotatable bonds is 8. The highest BCUT2D eigenvalue weighted by molar-refractivity contribution is 5.97. The number of hydrogen-bond acceptors (Lipinski definition) is 7. The van der Waals surface area contributed by atoms with E-state index in [1.165, 1.54) is 30.5 Å². The van der Waals surface area contributed by atoms with Gasteiger partial charge in [-0.1, -0.05) is 42.5 Å². The molecular formula is C35H39FN6O. The number of nitrogens with zero attached hydrogens (tertiary/aromatic N) is 5. The quantitative estimate of drug-likeness (QED) is 0.214. The Hall–Kier alpha value is -4.19. The van der Waals surface area contributed by atoms with Crippen LogP contribution in [0, 0.1) is 23.1 Å². The summed E-state index contributed by atoms with van der Waals surface area (Å²) in [6.45, 7) is 6.65. The molecule has 4 aromatic rings. The fourth-order valence-corrected chi connectivity index (χ4v) is 5.74. The molecule has 6 rings (SSSR count). The predicted octanol–water partition coefficient (Wildman–Crippen LogP) is 5.65. The first-order valence-electron chi connectivity index (χ1n) is 15.3. The van der Waals surface area contributed by atoms with Gasteiger partial charge in [0.15, 0.2) is 17.3 Å². The number of piperazine rings is 1. The molecule has 0 atom stereocenters. The van der Waals surface area contributed by atoms with Gasteiger partial charge in [-0.05, 0) is 93.7 Å². The van der Waals surface area contributed by atoms with Crippen LogP contribution in [0.3, 0.4) is 0 Å². The molecule has 0 bridgehead atoms. The summed E-state index contributed by atoms with van der Waals surface area (Å²) in [4.78, 5) is 26.1. The molecule has 7 nitrogen and oxygen atoms in total. The molecule has 43 heavy (non-hydrogen) atoms. The lowest BCUT2D eigenvalue weighted by molar-refractivity contribution is 0.0839. The Balaban J connectivity index is 0.000000180. The zero-order valence-electron chi connectivity index (χ0n) is 24.6. The van der Waals surface area contributed by atoms with E-state index in [2.05, 4.69) is 61.5 Å². The zero-order valence-corrected chi connectivity index (χ0v) is 24.6. The molecule has 2 aliphatic heterocycles. The van der Waals surface area contributed by atoms with Gasteiger partial charge in [0.1, 0.15) is 11.9 Å². The number of nitriles is 1. The van der Waals surface area contributed by atoms with E-state index in [0.717, 1.165) is 76.1 Å². The molecular weight excluding hydrogens is 539 g/mol. The second kappa shape index (κ2) is 15.3. The topological polar surface area (TPSA) is 85.1 Å². The highest BCUT2D eigenvalue weighted by atomic mass is 19.1. The molecule has 2 fully saturated rings.